The first-order valence-corrected chi connectivity index (χ1v) is 6.71. The van der Waals surface area contributed by atoms with Crippen molar-refractivity contribution in [1.29, 1.82) is 0 Å². The van der Waals surface area contributed by atoms with Gasteiger partial charge in [-0.05, 0) is 25.2 Å². The number of hydrogen-bond acceptors (Lipinski definition) is 5. The number of hydrogen-bond donors (Lipinski definition) is 2. The first kappa shape index (κ1) is 15.7. The second-order valence-corrected chi connectivity index (χ2v) is 4.99. The van der Waals surface area contributed by atoms with Crippen LogP contribution in [0.2, 0.25) is 0 Å². The number of benzene rings is 1. The molecule has 1 aromatic carbocycles. The molecule has 0 radical (unpaired) electrons. The summed E-state index contributed by atoms with van der Waals surface area (Å²) in [7, 11) is 1.48. The minimum atomic E-state index is -0.0353. The lowest BCUT2D eigenvalue weighted by Crippen LogP contribution is -2.27. The maximum atomic E-state index is 12.6. The minimum absolute atomic E-state index is 0.0353. The van der Waals surface area contributed by atoms with Crippen molar-refractivity contribution in [3.8, 4) is 5.75 Å². The van der Waals surface area contributed by atoms with Crippen molar-refractivity contribution in [3.05, 3.63) is 39.4 Å². The molecule has 3 N–H and O–H groups in total. The fraction of sp³-hybridized carbons (Fsp3) is 0.231. The molecule has 1 aromatic rings. The molecule has 0 spiro atoms. The highest BCUT2D eigenvalue weighted by molar-refractivity contribution is 7.80. The molecule has 0 fully saturated rings. The molecule has 0 aliphatic carbocycles. The quantitative estimate of drug-likeness (QED) is 0.382. The van der Waals surface area contributed by atoms with Gasteiger partial charge in [-0.25, -0.2) is 0 Å². The molecule has 0 unspecified atom stereocenters. The van der Waals surface area contributed by atoms with Gasteiger partial charge in [-0.3, -0.25) is 5.43 Å². The molecule has 0 atom stereocenters. The van der Waals surface area contributed by atoms with Crippen molar-refractivity contribution < 1.29 is 14.3 Å². The van der Waals surface area contributed by atoms with E-state index in [9.17, 15) is 9.81 Å². The second kappa shape index (κ2) is 5.98. The highest BCUT2D eigenvalue weighted by Gasteiger charge is 2.47. The monoisotopic (exact) mass is 321 g/mol. The Balaban J connectivity index is 2.54. The summed E-state index contributed by atoms with van der Waals surface area (Å²) in [4.78, 5) is 24.9. The van der Waals surface area contributed by atoms with E-state index in [4.69, 9.17) is 10.5 Å². The Bertz CT molecular complexity index is 754. The molecule has 1 aliphatic heterocycles. The zero-order valence-corrected chi connectivity index (χ0v) is 13.1. The van der Waals surface area contributed by atoms with Crippen LogP contribution >= 0.6 is 12.2 Å². The molecule has 0 bridgehead atoms. The highest BCUT2D eigenvalue weighted by atomic mass is 32.1. The van der Waals surface area contributed by atoms with E-state index in [0.29, 0.717) is 15.3 Å². The fourth-order valence-electron chi connectivity index (χ4n) is 2.11. The second-order valence-electron chi connectivity index (χ2n) is 4.55. The number of methoxy groups -OCH3 is 1. The Morgan fingerprint density at radius 1 is 1.32 bits per heavy atom. The van der Waals surface area contributed by atoms with Crippen LogP contribution < -0.4 is 15.9 Å². The van der Waals surface area contributed by atoms with Crippen LogP contribution in [0.25, 0.3) is 0 Å². The standard InChI is InChI=1S/C13H14N5O3S/c1-7(15-16-13(14)22)12-8(2)17(19)10-5-4-9(21-3)6-11(10)18(12)20/h4-6H,1-3H3,(H2-,14,16,19,22)/q+1/p+1. The lowest BCUT2D eigenvalue weighted by molar-refractivity contribution is -0.482. The predicted octanol–water partition coefficient (Wildman–Crippen LogP) is 1.97. The third-order valence-electron chi connectivity index (χ3n) is 3.15. The van der Waals surface area contributed by atoms with Crippen molar-refractivity contribution in [1.82, 2.24) is 5.43 Å². The summed E-state index contributed by atoms with van der Waals surface area (Å²) in [6, 6.07) is 4.64. The molecule has 0 saturated heterocycles. The van der Waals surface area contributed by atoms with Crippen LogP contribution in [0.3, 0.4) is 0 Å². The third-order valence-corrected chi connectivity index (χ3v) is 3.24. The van der Waals surface area contributed by atoms with Gasteiger partial charge in [0.1, 0.15) is 11.5 Å². The van der Waals surface area contributed by atoms with Crippen LogP contribution in [0.1, 0.15) is 13.8 Å². The number of rotatable bonds is 3. The molecular formula is C13H15N5O3S+2. The summed E-state index contributed by atoms with van der Waals surface area (Å²) in [6.07, 6.45) is 0. The number of nitroso groups, excluding NO2 is 2. The van der Waals surface area contributed by atoms with E-state index >= 15 is 0 Å². The number of fused-ring (bicyclic) bond motifs is 1. The summed E-state index contributed by atoms with van der Waals surface area (Å²) in [5.41, 5.74) is 8.75. The number of nitrogens with two attached hydrogens (primary N) is 1. The number of nitrogens with one attached hydrogen (secondary N) is 1. The van der Waals surface area contributed by atoms with Gasteiger partial charge in [-0.15, -0.1) is 0 Å². The van der Waals surface area contributed by atoms with Crippen molar-refractivity contribution in [3.63, 3.8) is 0 Å². The van der Waals surface area contributed by atoms with Gasteiger partial charge < -0.3 is 10.5 Å². The van der Waals surface area contributed by atoms with E-state index in [1.54, 1.807) is 19.9 Å². The molecule has 8 nitrogen and oxygen atoms in total. The zero-order valence-electron chi connectivity index (χ0n) is 12.3. The van der Waals surface area contributed by atoms with Crippen molar-refractivity contribution in [2.45, 2.75) is 13.8 Å². The molecule has 0 aromatic heterocycles. The van der Waals surface area contributed by atoms with Gasteiger partial charge >= 0.3 is 22.8 Å². The van der Waals surface area contributed by atoms with Crippen LogP contribution in [0.15, 0.2) is 34.7 Å². The molecule has 1 heterocycles. The van der Waals surface area contributed by atoms with Gasteiger partial charge in [0.25, 0.3) is 0 Å². The Hall–Kier alpha value is -2.68. The lowest BCUT2D eigenvalue weighted by atomic mass is 10.1. The van der Waals surface area contributed by atoms with Crippen LogP contribution in [0.4, 0.5) is 11.4 Å². The molecule has 22 heavy (non-hydrogen) atoms. The van der Waals surface area contributed by atoms with E-state index < -0.39 is 0 Å². The van der Waals surface area contributed by atoms with Gasteiger partial charge in [0.2, 0.25) is 0 Å². The first-order chi connectivity index (χ1) is 10.4. The van der Waals surface area contributed by atoms with Crippen LogP contribution in [0.5, 0.6) is 5.75 Å². The van der Waals surface area contributed by atoms with E-state index in [0.717, 1.165) is 0 Å². The Morgan fingerprint density at radius 2 is 2.00 bits per heavy atom. The highest BCUT2D eigenvalue weighted by Crippen LogP contribution is 2.39. The molecule has 0 amide bonds. The Kier molecular flexibility index (Phi) is 4.27. The summed E-state index contributed by atoms with van der Waals surface area (Å²) in [5.74, 6) is 0.475. The first-order valence-electron chi connectivity index (χ1n) is 6.30. The molecule has 9 heteroatoms. The van der Waals surface area contributed by atoms with Crippen LogP contribution in [-0.2, 0) is 0 Å². The van der Waals surface area contributed by atoms with Gasteiger partial charge in [-0.1, -0.05) is 0 Å². The largest absolute Gasteiger partial charge is 0.496 e. The third kappa shape index (κ3) is 2.70. The van der Waals surface area contributed by atoms with Gasteiger partial charge in [0, 0.05) is 22.8 Å². The molecular weight excluding hydrogens is 306 g/mol. The topological polar surface area (TPSA) is 99.8 Å². The van der Waals surface area contributed by atoms with Crippen molar-refractivity contribution >= 4 is 34.4 Å². The predicted molar refractivity (Wildman–Crippen MR) is 85.3 cm³/mol. The number of nitrogens with zero attached hydrogens (tertiary/aromatic N) is 3. The van der Waals surface area contributed by atoms with Crippen LogP contribution in [0, 0.1) is 9.81 Å². The SMILES string of the molecule is COc1ccc2c(c1)[N+](=O)C(/C(C)=N/NC(N)=S)=C(C)[N+]2=O. The lowest BCUT2D eigenvalue weighted by Gasteiger charge is -2.06. The van der Waals surface area contributed by atoms with E-state index in [1.807, 2.05) is 0 Å². The average Bonchev–Trinajstić information content (AvgIpc) is 2.50. The number of thiocarbonyl (C=S) groups is 1. The molecule has 2 rings (SSSR count). The van der Waals surface area contributed by atoms with Crippen molar-refractivity contribution in [2.75, 3.05) is 7.11 Å². The maximum absolute atomic E-state index is 12.6. The van der Waals surface area contributed by atoms with Gasteiger partial charge in [-0.2, -0.15) is 5.10 Å². The number of ether oxygens (including phenoxy) is 1. The molecule has 1 aliphatic rings. The van der Waals surface area contributed by atoms with Crippen molar-refractivity contribution in [2.24, 2.45) is 10.8 Å². The summed E-state index contributed by atoms with van der Waals surface area (Å²) in [6.45, 7) is 3.12. The number of allylic oxidation sites excluding steroid dienone is 2. The smallest absolute Gasteiger partial charge is 0.357 e. The summed E-state index contributed by atoms with van der Waals surface area (Å²) >= 11 is 4.66. The van der Waals surface area contributed by atoms with E-state index in [2.05, 4.69) is 22.7 Å². The van der Waals surface area contributed by atoms with Crippen LogP contribution in [-0.4, -0.2) is 27.5 Å². The zero-order chi connectivity index (χ0) is 16.4. The Labute approximate surface area is 131 Å². The molecule has 0 saturated carbocycles. The van der Waals surface area contributed by atoms with E-state index in [1.165, 1.54) is 19.2 Å². The van der Waals surface area contributed by atoms with E-state index in [-0.39, 0.29) is 33.6 Å². The van der Waals surface area contributed by atoms with Gasteiger partial charge in [0.15, 0.2) is 5.11 Å². The normalized spacial score (nSPS) is 14.8. The van der Waals surface area contributed by atoms with Gasteiger partial charge in [0.05, 0.1) is 22.7 Å². The summed E-state index contributed by atoms with van der Waals surface area (Å²) < 4.78 is 6.41. The minimum Gasteiger partial charge on any atom is -0.496 e. The molecule has 114 valence electrons. The summed E-state index contributed by atoms with van der Waals surface area (Å²) in [5, 5.41) is 3.87. The number of hydrazone groups is 1. The Morgan fingerprint density at radius 3 is 2.59 bits per heavy atom. The average molecular weight is 321 g/mol. The maximum Gasteiger partial charge on any atom is 0.357 e. The fourth-order valence-corrected chi connectivity index (χ4v) is 2.16.